The third-order valence-corrected chi connectivity index (χ3v) is 6.05. The summed E-state index contributed by atoms with van der Waals surface area (Å²) in [7, 11) is 0. The first-order valence-electron chi connectivity index (χ1n) is 10.2. The van der Waals surface area contributed by atoms with Gasteiger partial charge in [-0.1, -0.05) is 34.1 Å². The van der Waals surface area contributed by atoms with Crippen molar-refractivity contribution in [3.05, 3.63) is 76.4 Å². The number of piperidine rings is 1. The van der Waals surface area contributed by atoms with E-state index in [-0.39, 0.29) is 29.2 Å². The van der Waals surface area contributed by atoms with Gasteiger partial charge in [-0.05, 0) is 49.2 Å². The van der Waals surface area contributed by atoms with Crippen LogP contribution in [-0.4, -0.2) is 45.5 Å². The Kier molecular flexibility index (Phi) is 6.36. The number of rotatable bonds is 5. The topological polar surface area (TPSA) is 110 Å². The maximum atomic E-state index is 13.3. The van der Waals surface area contributed by atoms with Crippen LogP contribution in [0.25, 0.3) is 5.69 Å². The van der Waals surface area contributed by atoms with Crippen LogP contribution in [0.5, 0.6) is 0 Å². The molecule has 0 bridgehead atoms. The molecular formula is C23H22BrN5O3. The molecule has 0 spiro atoms. The fraction of sp³-hybridized carbons (Fsp3) is 0.217. The Balaban J connectivity index is 1.64. The maximum Gasteiger partial charge on any atom is 0.259 e. The van der Waals surface area contributed by atoms with Gasteiger partial charge in [-0.25, -0.2) is 4.68 Å². The number of nitrogens with two attached hydrogens (primary N) is 1. The Bertz CT molecular complexity index is 1140. The minimum atomic E-state index is -0.350. The van der Waals surface area contributed by atoms with Crippen molar-refractivity contribution >= 4 is 39.5 Å². The highest BCUT2D eigenvalue weighted by atomic mass is 79.9. The summed E-state index contributed by atoms with van der Waals surface area (Å²) in [4.78, 5) is 39.4. The number of para-hydroxylation sites is 1. The molecule has 1 saturated heterocycles. The van der Waals surface area contributed by atoms with E-state index in [0.717, 1.165) is 4.47 Å². The van der Waals surface area contributed by atoms with E-state index < -0.39 is 0 Å². The molecule has 0 saturated carbocycles. The molecule has 8 nitrogen and oxygen atoms in total. The lowest BCUT2D eigenvalue weighted by atomic mass is 9.96. The molecule has 2 heterocycles. The van der Waals surface area contributed by atoms with Crippen LogP contribution in [0.3, 0.4) is 0 Å². The zero-order chi connectivity index (χ0) is 22.7. The minimum absolute atomic E-state index is 0.220. The van der Waals surface area contributed by atoms with E-state index in [9.17, 15) is 14.4 Å². The first-order valence-corrected chi connectivity index (χ1v) is 11.0. The van der Waals surface area contributed by atoms with Gasteiger partial charge in [0.1, 0.15) is 11.4 Å². The van der Waals surface area contributed by atoms with Gasteiger partial charge in [0.2, 0.25) is 5.91 Å². The Morgan fingerprint density at radius 2 is 1.66 bits per heavy atom. The van der Waals surface area contributed by atoms with Crippen molar-refractivity contribution in [3.63, 3.8) is 0 Å². The molecule has 3 aromatic rings. The monoisotopic (exact) mass is 495 g/mol. The lowest BCUT2D eigenvalue weighted by molar-refractivity contribution is -0.123. The van der Waals surface area contributed by atoms with Crippen LogP contribution < -0.4 is 11.1 Å². The molecule has 0 unspecified atom stereocenters. The fourth-order valence-electron chi connectivity index (χ4n) is 3.71. The molecule has 3 amide bonds. The summed E-state index contributed by atoms with van der Waals surface area (Å²) < 4.78 is 2.40. The van der Waals surface area contributed by atoms with Crippen LogP contribution in [0.4, 0.5) is 5.82 Å². The van der Waals surface area contributed by atoms with E-state index in [1.54, 1.807) is 33.8 Å². The molecule has 0 aliphatic carbocycles. The largest absolute Gasteiger partial charge is 0.369 e. The molecule has 0 atom stereocenters. The highest BCUT2D eigenvalue weighted by Crippen LogP contribution is 2.25. The van der Waals surface area contributed by atoms with Crippen molar-refractivity contribution in [1.82, 2.24) is 14.7 Å². The number of aromatic nitrogens is 2. The average Bonchev–Trinajstić information content (AvgIpc) is 3.23. The SMILES string of the molecule is NC(=O)C1CCN(C(=O)c2cnn(-c3ccccc3)c2NC(=O)c2ccc(Br)cc2)CC1. The smallest absolute Gasteiger partial charge is 0.259 e. The van der Waals surface area contributed by atoms with Crippen LogP contribution in [-0.2, 0) is 4.79 Å². The number of hydrogen-bond acceptors (Lipinski definition) is 4. The molecule has 4 rings (SSSR count). The third kappa shape index (κ3) is 4.57. The number of amides is 3. The lowest BCUT2D eigenvalue weighted by Gasteiger charge is -2.30. The van der Waals surface area contributed by atoms with E-state index >= 15 is 0 Å². The predicted octanol–water partition coefficient (Wildman–Crippen LogP) is 3.22. The minimum Gasteiger partial charge on any atom is -0.369 e. The second-order valence-electron chi connectivity index (χ2n) is 7.58. The zero-order valence-electron chi connectivity index (χ0n) is 17.2. The van der Waals surface area contributed by atoms with Gasteiger partial charge in [-0.3, -0.25) is 14.4 Å². The number of nitrogens with one attached hydrogen (secondary N) is 1. The van der Waals surface area contributed by atoms with Crippen LogP contribution in [0.15, 0.2) is 65.3 Å². The predicted molar refractivity (Wildman–Crippen MR) is 123 cm³/mol. The fourth-order valence-corrected chi connectivity index (χ4v) is 3.97. The van der Waals surface area contributed by atoms with E-state index in [4.69, 9.17) is 5.73 Å². The van der Waals surface area contributed by atoms with E-state index in [2.05, 4.69) is 26.3 Å². The number of hydrogen-bond donors (Lipinski definition) is 2. The van der Waals surface area contributed by atoms with Gasteiger partial charge in [0.15, 0.2) is 0 Å². The molecule has 1 aliphatic heterocycles. The Labute approximate surface area is 193 Å². The van der Waals surface area contributed by atoms with Gasteiger partial charge in [0.05, 0.1) is 11.9 Å². The number of likely N-dealkylation sites (tertiary alicyclic amines) is 1. The van der Waals surface area contributed by atoms with E-state index in [1.165, 1.54) is 6.20 Å². The summed E-state index contributed by atoms with van der Waals surface area (Å²) in [6, 6.07) is 16.2. The average molecular weight is 496 g/mol. The molecule has 32 heavy (non-hydrogen) atoms. The zero-order valence-corrected chi connectivity index (χ0v) is 18.8. The number of anilines is 1. The summed E-state index contributed by atoms with van der Waals surface area (Å²) in [6.45, 7) is 0.839. The molecule has 164 valence electrons. The lowest BCUT2D eigenvalue weighted by Crippen LogP contribution is -2.41. The first-order chi connectivity index (χ1) is 15.4. The molecule has 9 heteroatoms. The molecule has 3 N–H and O–H groups in total. The molecule has 1 fully saturated rings. The molecule has 2 aromatic carbocycles. The van der Waals surface area contributed by atoms with Crippen molar-refractivity contribution in [3.8, 4) is 5.69 Å². The van der Waals surface area contributed by atoms with Crippen LogP contribution in [0.1, 0.15) is 33.6 Å². The van der Waals surface area contributed by atoms with Crippen molar-refractivity contribution in [2.45, 2.75) is 12.8 Å². The Morgan fingerprint density at radius 1 is 1.00 bits per heavy atom. The van der Waals surface area contributed by atoms with Gasteiger partial charge < -0.3 is 16.0 Å². The van der Waals surface area contributed by atoms with E-state index in [1.807, 2.05) is 30.3 Å². The van der Waals surface area contributed by atoms with Gasteiger partial charge in [-0.2, -0.15) is 5.10 Å². The number of carbonyl (C=O) groups is 3. The summed E-state index contributed by atoms with van der Waals surface area (Å²) in [5.41, 5.74) is 6.86. The maximum absolute atomic E-state index is 13.3. The summed E-state index contributed by atoms with van der Waals surface area (Å²) >= 11 is 3.36. The first kappa shape index (κ1) is 21.8. The van der Waals surface area contributed by atoms with Gasteiger partial charge >= 0.3 is 0 Å². The van der Waals surface area contributed by atoms with Crippen LogP contribution in [0.2, 0.25) is 0 Å². The standard InChI is InChI=1S/C23H22BrN5O3/c24-17-8-6-16(7-9-17)22(31)27-21-19(14-26-29(21)18-4-2-1-3-5-18)23(32)28-12-10-15(11-13-28)20(25)30/h1-9,14-15H,10-13H2,(H2,25,30)(H,27,31). The normalized spacial score (nSPS) is 14.2. The van der Waals surface area contributed by atoms with Gasteiger partial charge in [0, 0.05) is 29.0 Å². The summed E-state index contributed by atoms with van der Waals surface area (Å²) in [5, 5.41) is 7.24. The van der Waals surface area contributed by atoms with Crippen LogP contribution in [0, 0.1) is 5.92 Å². The molecular weight excluding hydrogens is 474 g/mol. The van der Waals surface area contributed by atoms with Crippen LogP contribution >= 0.6 is 15.9 Å². The highest BCUT2D eigenvalue weighted by molar-refractivity contribution is 9.10. The van der Waals surface area contributed by atoms with Crippen molar-refractivity contribution in [1.29, 1.82) is 0 Å². The second-order valence-corrected chi connectivity index (χ2v) is 8.50. The third-order valence-electron chi connectivity index (χ3n) is 5.52. The number of carbonyl (C=O) groups excluding carboxylic acids is 3. The van der Waals surface area contributed by atoms with Crippen molar-refractivity contribution in [2.75, 3.05) is 18.4 Å². The molecule has 1 aliphatic rings. The van der Waals surface area contributed by atoms with E-state index in [0.29, 0.717) is 43.0 Å². The molecule has 1 aromatic heterocycles. The molecule has 0 radical (unpaired) electrons. The quantitative estimate of drug-likeness (QED) is 0.565. The number of benzene rings is 2. The van der Waals surface area contributed by atoms with Crippen molar-refractivity contribution < 1.29 is 14.4 Å². The van der Waals surface area contributed by atoms with Gasteiger partial charge in [0.25, 0.3) is 11.8 Å². The van der Waals surface area contributed by atoms with Crippen molar-refractivity contribution in [2.24, 2.45) is 11.7 Å². The second kappa shape index (κ2) is 9.35. The Morgan fingerprint density at radius 3 is 2.28 bits per heavy atom. The summed E-state index contributed by atoms with van der Waals surface area (Å²) in [6.07, 6.45) is 2.51. The number of nitrogens with zero attached hydrogens (tertiary/aromatic N) is 3. The number of halogens is 1. The summed E-state index contributed by atoms with van der Waals surface area (Å²) in [5.74, 6) is -0.858. The highest BCUT2D eigenvalue weighted by Gasteiger charge is 2.30. The number of primary amides is 1. The van der Waals surface area contributed by atoms with Gasteiger partial charge in [-0.15, -0.1) is 0 Å². The Hall–Kier alpha value is -3.46.